The van der Waals surface area contributed by atoms with E-state index >= 15 is 0 Å². The van der Waals surface area contributed by atoms with Gasteiger partial charge in [-0.1, -0.05) is 12.1 Å². The van der Waals surface area contributed by atoms with Gasteiger partial charge >= 0.3 is 6.09 Å². The number of benzene rings is 1. The van der Waals surface area contributed by atoms with Gasteiger partial charge in [0, 0.05) is 13.1 Å². The molecule has 6 heteroatoms. The molecule has 0 aliphatic carbocycles. The highest BCUT2D eigenvalue weighted by Gasteiger charge is 2.29. The molecule has 0 aromatic heterocycles. The second-order valence-corrected chi connectivity index (χ2v) is 5.41. The molecule has 1 N–H and O–H groups in total. The van der Waals surface area contributed by atoms with E-state index in [1.807, 2.05) is 0 Å². The van der Waals surface area contributed by atoms with Gasteiger partial charge in [0.05, 0.1) is 18.2 Å². The predicted molar refractivity (Wildman–Crippen MR) is 81.1 cm³/mol. The fourth-order valence-corrected chi connectivity index (χ4v) is 2.55. The van der Waals surface area contributed by atoms with Crippen molar-refractivity contribution >= 4 is 17.7 Å². The van der Waals surface area contributed by atoms with Crippen LogP contribution in [-0.2, 0) is 9.53 Å². The summed E-state index contributed by atoms with van der Waals surface area (Å²) in [7, 11) is 0. The fourth-order valence-electron chi connectivity index (χ4n) is 2.55. The maximum atomic E-state index is 13.9. The monoisotopic (exact) mass is 308 g/mol. The molecule has 2 amide bonds. The summed E-state index contributed by atoms with van der Waals surface area (Å²) in [6.07, 6.45) is 1.00. The number of carbonyl (C=O) groups is 2. The van der Waals surface area contributed by atoms with Crippen molar-refractivity contribution in [1.82, 2.24) is 4.90 Å². The Hall–Kier alpha value is -2.11. The zero-order valence-corrected chi connectivity index (χ0v) is 12.9. The Morgan fingerprint density at radius 2 is 2.23 bits per heavy atom. The molecule has 0 radical (unpaired) electrons. The molecule has 1 saturated heterocycles. The van der Waals surface area contributed by atoms with Crippen LogP contribution < -0.4 is 5.32 Å². The molecule has 1 fully saturated rings. The minimum atomic E-state index is -0.422. The van der Waals surface area contributed by atoms with E-state index in [1.165, 1.54) is 11.0 Å². The lowest BCUT2D eigenvalue weighted by molar-refractivity contribution is -0.121. The Morgan fingerprint density at radius 3 is 2.95 bits per heavy atom. The average Bonchev–Trinajstić information content (AvgIpc) is 2.52. The predicted octanol–water partition coefficient (Wildman–Crippen LogP) is 2.94. The van der Waals surface area contributed by atoms with E-state index in [-0.39, 0.29) is 17.5 Å². The maximum Gasteiger partial charge on any atom is 0.409 e. The number of halogens is 1. The van der Waals surface area contributed by atoms with Gasteiger partial charge in [0.25, 0.3) is 0 Å². The van der Waals surface area contributed by atoms with Crippen molar-refractivity contribution in [3.05, 3.63) is 29.6 Å². The molecule has 0 unspecified atom stereocenters. The number of carbonyl (C=O) groups excluding carboxylic acids is 2. The SMILES string of the molecule is CCOC(=O)N1CCC[C@H](C(=O)Nc2cccc(C)c2F)C1. The molecule has 1 atom stereocenters. The van der Waals surface area contributed by atoms with Crippen LogP contribution in [0.15, 0.2) is 18.2 Å². The normalized spacial score (nSPS) is 18.0. The summed E-state index contributed by atoms with van der Waals surface area (Å²) >= 11 is 0. The molecule has 22 heavy (non-hydrogen) atoms. The molecule has 1 aromatic rings. The Bertz CT molecular complexity index is 562. The smallest absolute Gasteiger partial charge is 0.409 e. The molecule has 1 aromatic carbocycles. The number of piperidine rings is 1. The number of anilines is 1. The lowest BCUT2D eigenvalue weighted by Crippen LogP contribution is -2.44. The van der Waals surface area contributed by atoms with Crippen LogP contribution in [0.4, 0.5) is 14.9 Å². The summed E-state index contributed by atoms with van der Waals surface area (Å²) in [4.78, 5) is 25.6. The van der Waals surface area contributed by atoms with Gasteiger partial charge in [-0.25, -0.2) is 9.18 Å². The number of hydrogen-bond donors (Lipinski definition) is 1. The standard InChI is InChI=1S/C16H21FN2O3/c1-3-22-16(21)19-9-5-7-12(10-19)15(20)18-13-8-4-6-11(2)14(13)17/h4,6,8,12H,3,5,7,9-10H2,1-2H3,(H,18,20)/t12-/m0/s1. The van der Waals surface area contributed by atoms with Gasteiger partial charge in [-0.05, 0) is 38.3 Å². The van der Waals surface area contributed by atoms with Gasteiger partial charge < -0.3 is 15.0 Å². The first-order valence-corrected chi connectivity index (χ1v) is 7.50. The van der Waals surface area contributed by atoms with Crippen LogP contribution in [0.3, 0.4) is 0 Å². The van der Waals surface area contributed by atoms with E-state index in [9.17, 15) is 14.0 Å². The Morgan fingerprint density at radius 1 is 1.45 bits per heavy atom. The van der Waals surface area contributed by atoms with Gasteiger partial charge in [0.15, 0.2) is 0 Å². The Kier molecular flexibility index (Phi) is 5.35. The third-order valence-electron chi connectivity index (χ3n) is 3.77. The van der Waals surface area contributed by atoms with Crippen molar-refractivity contribution in [2.75, 3.05) is 25.0 Å². The van der Waals surface area contributed by atoms with E-state index < -0.39 is 11.9 Å². The molecule has 2 rings (SSSR count). The van der Waals surface area contributed by atoms with Gasteiger partial charge in [0.2, 0.25) is 5.91 Å². The first-order valence-electron chi connectivity index (χ1n) is 7.50. The molecule has 1 aliphatic rings. The van der Waals surface area contributed by atoms with Gasteiger partial charge in [-0.15, -0.1) is 0 Å². The third kappa shape index (κ3) is 3.75. The topological polar surface area (TPSA) is 58.6 Å². The first-order chi connectivity index (χ1) is 10.5. The molecule has 120 valence electrons. The van der Waals surface area contributed by atoms with E-state index in [4.69, 9.17) is 4.74 Å². The minimum absolute atomic E-state index is 0.179. The summed E-state index contributed by atoms with van der Waals surface area (Å²) in [5, 5.41) is 2.62. The number of hydrogen-bond acceptors (Lipinski definition) is 3. The number of likely N-dealkylation sites (tertiary alicyclic amines) is 1. The van der Waals surface area contributed by atoms with Crippen LogP contribution >= 0.6 is 0 Å². The van der Waals surface area contributed by atoms with Crippen molar-refractivity contribution in [2.45, 2.75) is 26.7 Å². The van der Waals surface area contributed by atoms with Crippen molar-refractivity contribution in [3.63, 3.8) is 0 Å². The molecule has 0 saturated carbocycles. The number of aryl methyl sites for hydroxylation is 1. The van der Waals surface area contributed by atoms with Crippen molar-refractivity contribution in [2.24, 2.45) is 5.92 Å². The molecular formula is C16H21FN2O3. The number of amides is 2. The van der Waals surface area contributed by atoms with E-state index in [1.54, 1.807) is 26.0 Å². The van der Waals surface area contributed by atoms with Crippen LogP contribution in [0.1, 0.15) is 25.3 Å². The molecule has 1 aliphatic heterocycles. The summed E-state index contributed by atoms with van der Waals surface area (Å²) in [5.74, 6) is -1.04. The molecule has 5 nitrogen and oxygen atoms in total. The zero-order chi connectivity index (χ0) is 16.1. The Balaban J connectivity index is 2.00. The van der Waals surface area contributed by atoms with Gasteiger partial charge in [-0.3, -0.25) is 4.79 Å². The molecule has 0 spiro atoms. The lowest BCUT2D eigenvalue weighted by Gasteiger charge is -2.31. The zero-order valence-electron chi connectivity index (χ0n) is 12.9. The summed E-state index contributed by atoms with van der Waals surface area (Å²) in [5.41, 5.74) is 0.660. The van der Waals surface area contributed by atoms with Crippen LogP contribution in [0.25, 0.3) is 0 Å². The molecule has 1 heterocycles. The Labute approximate surface area is 129 Å². The summed E-state index contributed by atoms with van der Waals surface area (Å²) in [6, 6.07) is 4.88. The van der Waals surface area contributed by atoms with Crippen LogP contribution in [0.2, 0.25) is 0 Å². The minimum Gasteiger partial charge on any atom is -0.450 e. The van der Waals surface area contributed by atoms with Crippen LogP contribution in [0.5, 0.6) is 0 Å². The number of rotatable bonds is 3. The second-order valence-electron chi connectivity index (χ2n) is 5.41. The number of ether oxygens (including phenoxy) is 1. The maximum absolute atomic E-state index is 13.9. The quantitative estimate of drug-likeness (QED) is 0.934. The number of nitrogens with one attached hydrogen (secondary N) is 1. The highest BCUT2D eigenvalue weighted by molar-refractivity contribution is 5.93. The van der Waals surface area contributed by atoms with Crippen molar-refractivity contribution < 1.29 is 18.7 Å². The molecular weight excluding hydrogens is 287 g/mol. The largest absolute Gasteiger partial charge is 0.450 e. The highest BCUT2D eigenvalue weighted by Crippen LogP contribution is 2.22. The van der Waals surface area contributed by atoms with Crippen molar-refractivity contribution in [3.8, 4) is 0 Å². The first kappa shape index (κ1) is 16.3. The third-order valence-corrected chi connectivity index (χ3v) is 3.77. The fraction of sp³-hybridized carbons (Fsp3) is 0.500. The number of nitrogens with zero attached hydrogens (tertiary/aromatic N) is 1. The second kappa shape index (κ2) is 7.24. The average molecular weight is 308 g/mol. The summed E-state index contributed by atoms with van der Waals surface area (Å²) < 4.78 is 18.9. The summed E-state index contributed by atoms with van der Waals surface area (Å²) in [6.45, 7) is 4.58. The molecule has 0 bridgehead atoms. The van der Waals surface area contributed by atoms with Crippen molar-refractivity contribution in [1.29, 1.82) is 0 Å². The van der Waals surface area contributed by atoms with E-state index in [0.717, 1.165) is 6.42 Å². The van der Waals surface area contributed by atoms with Crippen LogP contribution in [-0.4, -0.2) is 36.6 Å². The van der Waals surface area contributed by atoms with E-state index in [0.29, 0.717) is 31.7 Å². The van der Waals surface area contributed by atoms with Crippen LogP contribution in [0, 0.1) is 18.7 Å². The van der Waals surface area contributed by atoms with Gasteiger partial charge in [-0.2, -0.15) is 0 Å². The van der Waals surface area contributed by atoms with E-state index in [2.05, 4.69) is 5.32 Å². The highest BCUT2D eigenvalue weighted by atomic mass is 19.1. The lowest BCUT2D eigenvalue weighted by atomic mass is 9.97. The van der Waals surface area contributed by atoms with Gasteiger partial charge in [0.1, 0.15) is 5.82 Å².